The van der Waals surface area contributed by atoms with Crippen LogP contribution in [0.5, 0.6) is 11.5 Å². The zero-order valence-electron chi connectivity index (χ0n) is 43.1. The predicted octanol–water partition coefficient (Wildman–Crippen LogP) is 13.3. The summed E-state index contributed by atoms with van der Waals surface area (Å²) < 4.78 is 204. The van der Waals surface area contributed by atoms with E-state index in [0.717, 1.165) is 35.2 Å². The molecule has 2 saturated heterocycles. The summed E-state index contributed by atoms with van der Waals surface area (Å²) in [6.45, 7) is 0.0652. The molecule has 4 aromatic rings. The summed E-state index contributed by atoms with van der Waals surface area (Å²) in [5, 5.41) is 9.33. The fraction of sp³-hybridized carbons (Fsp3) is 0.429. The molecule has 0 bridgehead atoms. The van der Waals surface area contributed by atoms with Crippen LogP contribution in [0.4, 0.5) is 52.7 Å². The Labute approximate surface area is 470 Å². The highest BCUT2D eigenvalue weighted by Gasteiger charge is 2.48. The summed E-state index contributed by atoms with van der Waals surface area (Å²) in [6, 6.07) is 15.0. The predicted molar refractivity (Wildman–Crippen MR) is 272 cm³/mol. The molecule has 82 heavy (non-hydrogen) atoms. The van der Waals surface area contributed by atoms with Gasteiger partial charge >= 0.3 is 36.6 Å². The lowest BCUT2D eigenvalue weighted by Crippen LogP contribution is -2.47. The van der Waals surface area contributed by atoms with Gasteiger partial charge < -0.3 is 38.6 Å². The lowest BCUT2D eigenvalue weighted by molar-refractivity contribution is -0.200. The van der Waals surface area contributed by atoms with E-state index in [0.29, 0.717) is 67.4 Å². The van der Waals surface area contributed by atoms with Crippen LogP contribution in [-0.2, 0) is 58.1 Å². The normalized spacial score (nSPS) is 21.4. The molecule has 4 fully saturated rings. The molecule has 1 N–H and O–H groups in total. The number of para-hydroxylation sites is 1. The summed E-state index contributed by atoms with van der Waals surface area (Å²) in [6.07, 6.45) is -19.2. The van der Waals surface area contributed by atoms with Gasteiger partial charge in [-0.2, -0.15) is 52.7 Å². The summed E-state index contributed by atoms with van der Waals surface area (Å²) in [7, 11) is 0. The molecule has 2 amide bonds. The van der Waals surface area contributed by atoms with Crippen LogP contribution in [0, 0.1) is 11.8 Å². The van der Waals surface area contributed by atoms with Gasteiger partial charge in [-0.05, 0) is 117 Å². The molecule has 0 spiro atoms. The molecule has 4 aliphatic rings. The number of carbonyl (C=O) groups is 4. The van der Waals surface area contributed by atoms with E-state index in [2.05, 4.69) is 0 Å². The highest BCUT2D eigenvalue weighted by molar-refractivity contribution is 7.99. The zero-order valence-corrected chi connectivity index (χ0v) is 44.7. The lowest BCUT2D eigenvalue weighted by atomic mass is 9.87. The van der Waals surface area contributed by atoms with Gasteiger partial charge in [-0.3, -0.25) is 19.2 Å². The maximum Gasteiger partial charge on any atom is 0.418 e. The molecule has 1 atom stereocenters. The van der Waals surface area contributed by atoms with Crippen LogP contribution < -0.4 is 9.47 Å². The van der Waals surface area contributed by atoms with Gasteiger partial charge in [-0.1, -0.05) is 53.9 Å². The van der Waals surface area contributed by atoms with Gasteiger partial charge in [-0.15, -0.1) is 0 Å². The van der Waals surface area contributed by atoms with E-state index in [-0.39, 0.29) is 93.0 Å². The van der Waals surface area contributed by atoms with Crippen LogP contribution >= 0.6 is 23.5 Å². The van der Waals surface area contributed by atoms with Crippen molar-refractivity contribution in [3.05, 3.63) is 118 Å². The minimum atomic E-state index is -5.55. The summed E-state index contributed by atoms with van der Waals surface area (Å²) >= 11 is 0.836. The monoisotopic (exact) mass is 1200 g/mol. The van der Waals surface area contributed by atoms with Crippen LogP contribution in [0.15, 0.2) is 105 Å². The van der Waals surface area contributed by atoms with Crippen LogP contribution in [0.3, 0.4) is 0 Å². The number of esters is 1. The van der Waals surface area contributed by atoms with Crippen LogP contribution in [0.2, 0.25) is 0 Å². The molecule has 8 rings (SSSR count). The van der Waals surface area contributed by atoms with Gasteiger partial charge in [0.05, 0.1) is 77.6 Å². The standard InChI is InChI=1S/C56H52F12N2O10S2/c57-53(58,59)47-32(14-22-44(71)69-24-27-76-28-25-69)12-20-42(49(47)55(63,64)65)81-39-5-3-4-38(30-39)78-36-18-10-35(11-19-36)52(75)80-46-31-70(26-29-77-46)45(72)23-15-33-13-21-43(50(56(66,67)68)48(33)54(60,61)62)82-41-7-2-1-6-40(41)79-37-16-8-34(9-17-37)51(73)74/h1-7,12-15,20-23,30,34-37,46H,8-11,16-19,24-29,31H2,(H,73,74)/b22-14+,23-15+. The number of amides is 2. The van der Waals surface area contributed by atoms with E-state index >= 15 is 0 Å². The number of carbonyl (C=O) groups excluding carboxylic acids is 3. The topological polar surface area (TPSA) is 141 Å². The highest BCUT2D eigenvalue weighted by Crippen LogP contribution is 2.51. The average molecular weight is 1210 g/mol. The Balaban J connectivity index is 0.867. The zero-order chi connectivity index (χ0) is 59.1. The van der Waals surface area contributed by atoms with Crippen molar-refractivity contribution in [3.8, 4) is 11.5 Å². The number of hydrogen-bond donors (Lipinski definition) is 1. The third-order valence-electron chi connectivity index (χ3n) is 14.0. The van der Waals surface area contributed by atoms with Crippen LogP contribution in [-0.4, -0.2) is 103 Å². The van der Waals surface area contributed by atoms with Gasteiger partial charge in [0.1, 0.15) is 11.5 Å². The van der Waals surface area contributed by atoms with Crippen molar-refractivity contribution in [2.75, 3.05) is 46.0 Å². The molecule has 2 heterocycles. The van der Waals surface area contributed by atoms with Crippen molar-refractivity contribution < 1.29 is 101 Å². The number of carboxylic acids is 1. The Morgan fingerprint density at radius 1 is 0.549 bits per heavy atom. The van der Waals surface area contributed by atoms with E-state index in [4.69, 9.17) is 23.7 Å². The Morgan fingerprint density at radius 2 is 1.06 bits per heavy atom. The number of halogens is 12. The van der Waals surface area contributed by atoms with Gasteiger partial charge in [0.15, 0.2) is 0 Å². The molecule has 12 nitrogen and oxygen atoms in total. The molecular formula is C56H52F12N2O10S2. The number of rotatable bonds is 15. The summed E-state index contributed by atoms with van der Waals surface area (Å²) in [4.78, 5) is 51.8. The maximum atomic E-state index is 14.8. The van der Waals surface area contributed by atoms with Crippen molar-refractivity contribution in [1.82, 2.24) is 9.80 Å². The molecule has 4 aromatic carbocycles. The lowest BCUT2D eigenvalue weighted by Gasteiger charge is -2.33. The SMILES string of the molecule is O=C(O)C1CCC(Oc2ccccc2Sc2ccc(/C=C/C(=O)N3CCOC(OC(=O)C4CCC(Oc5cccc(Sc6ccc(/C=C/C(=O)N7CCOCC7)c(C(F)(F)F)c6C(F)(F)F)c5)CC4)C3)c(C(F)(F)F)c2C(F)(F)F)CC1. The Kier molecular flexibility index (Phi) is 19.6. The average Bonchev–Trinajstić information content (AvgIpc) is 2.20. The van der Waals surface area contributed by atoms with Gasteiger partial charge in [0.25, 0.3) is 0 Å². The first-order valence-electron chi connectivity index (χ1n) is 25.8. The van der Waals surface area contributed by atoms with Crippen molar-refractivity contribution >= 4 is 59.4 Å². The number of alkyl halides is 12. The maximum absolute atomic E-state index is 14.8. The summed E-state index contributed by atoms with van der Waals surface area (Å²) in [5.74, 6) is -4.23. The van der Waals surface area contributed by atoms with E-state index in [1.807, 2.05) is 0 Å². The van der Waals surface area contributed by atoms with E-state index in [1.54, 1.807) is 0 Å². The molecule has 1 unspecified atom stereocenters. The molecule has 0 aromatic heterocycles. The molecule has 0 radical (unpaired) electrons. The van der Waals surface area contributed by atoms with Crippen LogP contribution in [0.25, 0.3) is 12.2 Å². The second kappa shape index (κ2) is 26.0. The van der Waals surface area contributed by atoms with Crippen molar-refractivity contribution in [2.24, 2.45) is 11.8 Å². The minimum Gasteiger partial charge on any atom is -0.490 e. The fourth-order valence-electron chi connectivity index (χ4n) is 9.96. The second-order valence-electron chi connectivity index (χ2n) is 19.6. The Morgan fingerprint density at radius 3 is 1.62 bits per heavy atom. The number of ether oxygens (including phenoxy) is 5. The molecule has 2 aliphatic heterocycles. The highest BCUT2D eigenvalue weighted by atomic mass is 32.2. The first-order chi connectivity index (χ1) is 38.7. The third kappa shape index (κ3) is 15.8. The number of carboxylic acid groups (broad SMARTS) is 1. The molecule has 26 heteroatoms. The quantitative estimate of drug-likeness (QED) is 0.0688. The number of morpholine rings is 2. The van der Waals surface area contributed by atoms with Gasteiger partial charge in [-0.25, -0.2) is 0 Å². The minimum absolute atomic E-state index is 0.0836. The summed E-state index contributed by atoms with van der Waals surface area (Å²) in [5.41, 5.74) is -9.70. The van der Waals surface area contributed by atoms with E-state index < -0.39 is 122 Å². The first kappa shape index (κ1) is 61.7. The number of aliphatic carboxylic acids is 1. The van der Waals surface area contributed by atoms with E-state index in [9.17, 15) is 77.0 Å². The van der Waals surface area contributed by atoms with Crippen LogP contribution in [0.1, 0.15) is 84.7 Å². The number of hydrogen-bond acceptors (Lipinski definition) is 11. The van der Waals surface area contributed by atoms with Gasteiger partial charge in [0, 0.05) is 46.5 Å². The van der Waals surface area contributed by atoms with Crippen molar-refractivity contribution in [2.45, 2.75) is 114 Å². The smallest absolute Gasteiger partial charge is 0.418 e. The van der Waals surface area contributed by atoms with Gasteiger partial charge in [0.2, 0.25) is 18.1 Å². The van der Waals surface area contributed by atoms with Crippen molar-refractivity contribution in [3.63, 3.8) is 0 Å². The molecule has 2 saturated carbocycles. The molecule has 442 valence electrons. The Bertz CT molecular complexity index is 3020. The number of nitrogens with zero attached hydrogens (tertiary/aromatic N) is 2. The first-order valence-corrected chi connectivity index (χ1v) is 27.4. The van der Waals surface area contributed by atoms with Crippen molar-refractivity contribution in [1.29, 1.82) is 0 Å². The number of benzene rings is 4. The second-order valence-corrected chi connectivity index (χ2v) is 21.8. The molecular weight excluding hydrogens is 1150 g/mol. The Hall–Kier alpha value is -6.38. The third-order valence-corrected chi connectivity index (χ3v) is 16.2. The van der Waals surface area contributed by atoms with E-state index in [1.165, 1.54) is 53.4 Å². The fourth-order valence-corrected chi connectivity index (χ4v) is 12.0. The largest absolute Gasteiger partial charge is 0.490 e. The molecule has 2 aliphatic carbocycles.